The summed E-state index contributed by atoms with van der Waals surface area (Å²) in [6, 6.07) is 0. The van der Waals surface area contributed by atoms with Crippen LogP contribution >= 0.6 is 0 Å². The highest BCUT2D eigenvalue weighted by atomic mass is 16.5. The zero-order valence-corrected chi connectivity index (χ0v) is 26.1. The molecule has 0 aromatic rings. The fraction of sp³-hybridized carbons (Fsp3) is 0.812. The molecule has 4 N–H and O–H groups in total. The van der Waals surface area contributed by atoms with Gasteiger partial charge in [0.25, 0.3) is 0 Å². The summed E-state index contributed by atoms with van der Waals surface area (Å²) in [6.07, 6.45) is 8.33. The van der Waals surface area contributed by atoms with Crippen LogP contribution in [0.3, 0.4) is 0 Å². The Labute approximate surface area is 258 Å². The van der Waals surface area contributed by atoms with E-state index in [1.807, 2.05) is 0 Å². The fourth-order valence-corrected chi connectivity index (χ4v) is 6.36. The summed E-state index contributed by atoms with van der Waals surface area (Å²) in [5, 5.41) is 38.2. The van der Waals surface area contributed by atoms with E-state index >= 15 is 0 Å². The number of rotatable bonds is 17. The van der Waals surface area contributed by atoms with Gasteiger partial charge in [-0.25, -0.2) is 0 Å². The van der Waals surface area contributed by atoms with Crippen molar-refractivity contribution in [2.24, 2.45) is 34.5 Å². The highest BCUT2D eigenvalue weighted by Gasteiger charge is 2.45. The molecule has 2 unspecified atom stereocenters. The van der Waals surface area contributed by atoms with Crippen molar-refractivity contribution < 1.29 is 58.7 Å². The van der Waals surface area contributed by atoms with E-state index in [9.17, 15) is 49.2 Å². The van der Waals surface area contributed by atoms with Crippen LogP contribution in [0.2, 0.25) is 0 Å². The third kappa shape index (κ3) is 10.8. The molecular weight excluding hydrogens is 576 g/mol. The molecule has 250 valence electrons. The lowest BCUT2D eigenvalue weighted by Gasteiger charge is -2.22. The van der Waals surface area contributed by atoms with Crippen LogP contribution in [0.4, 0.5) is 0 Å². The molecule has 0 heterocycles. The van der Waals surface area contributed by atoms with Gasteiger partial charge in [0.1, 0.15) is 0 Å². The van der Waals surface area contributed by atoms with Crippen LogP contribution < -0.4 is 0 Å². The van der Waals surface area contributed by atoms with Crippen LogP contribution in [-0.4, -0.2) is 69.5 Å². The third-order valence-electron chi connectivity index (χ3n) is 9.80. The van der Waals surface area contributed by atoms with E-state index < -0.39 is 70.3 Å². The highest BCUT2D eigenvalue weighted by Crippen LogP contribution is 2.41. The molecule has 0 aromatic carbocycles. The minimum Gasteiger partial charge on any atom is -0.481 e. The van der Waals surface area contributed by atoms with Crippen molar-refractivity contribution in [3.05, 3.63) is 0 Å². The van der Waals surface area contributed by atoms with Crippen molar-refractivity contribution >= 4 is 35.8 Å². The van der Waals surface area contributed by atoms with E-state index in [-0.39, 0.29) is 64.6 Å². The van der Waals surface area contributed by atoms with E-state index in [1.54, 1.807) is 13.8 Å². The van der Waals surface area contributed by atoms with Crippen LogP contribution in [-0.2, 0) is 38.2 Å². The average Bonchev–Trinajstić information content (AvgIpc) is 3.26. The predicted octanol–water partition coefficient (Wildman–Crippen LogP) is 5.16. The van der Waals surface area contributed by atoms with Gasteiger partial charge in [0, 0.05) is 0 Å². The summed E-state index contributed by atoms with van der Waals surface area (Å²) in [6.45, 7) is 3.58. The number of unbranched alkanes of at least 4 members (excludes halogenated alkanes) is 7. The zero-order valence-electron chi connectivity index (χ0n) is 26.1. The van der Waals surface area contributed by atoms with E-state index in [0.29, 0.717) is 12.8 Å². The molecule has 12 nitrogen and oxygen atoms in total. The van der Waals surface area contributed by atoms with Crippen LogP contribution in [0.25, 0.3) is 0 Å². The number of hydrogen-bond acceptors (Lipinski definition) is 8. The van der Waals surface area contributed by atoms with Gasteiger partial charge in [0.15, 0.2) is 0 Å². The highest BCUT2D eigenvalue weighted by molar-refractivity contribution is 5.83. The number of carboxylic acid groups (broad SMARTS) is 4. The second-order valence-electron chi connectivity index (χ2n) is 13.2. The first-order valence-electron chi connectivity index (χ1n) is 16.0. The lowest BCUT2D eigenvalue weighted by Crippen LogP contribution is -2.30. The summed E-state index contributed by atoms with van der Waals surface area (Å²) in [7, 11) is 0. The molecule has 0 saturated heterocycles. The summed E-state index contributed by atoms with van der Waals surface area (Å²) in [4.78, 5) is 71.9. The van der Waals surface area contributed by atoms with Crippen molar-refractivity contribution in [1.29, 1.82) is 0 Å². The van der Waals surface area contributed by atoms with Crippen LogP contribution in [0.1, 0.15) is 117 Å². The Kier molecular flexibility index (Phi) is 14.6. The molecule has 0 radical (unpaired) electrons. The Morgan fingerprint density at radius 2 is 0.773 bits per heavy atom. The standard InChI is InChI=1S/C32H50O12/c1-31(29(39)40)15-11-21(25(33)34)23(13-17-31)27(37)43-19-9-7-5-3-4-6-8-10-20-44-28(38)24-14-18-32(2,30(41)42)16-12-22(24)26(35)36/h21-24H,3-20H2,1-2H3,(H,33,34)(H,35,36)(H,39,40)(H,41,42)/t21-,22-,23+,24+,31?,32?/m0/s1. The Bertz CT molecular complexity index is 945. The Morgan fingerprint density at radius 3 is 1.05 bits per heavy atom. The molecule has 12 heteroatoms. The van der Waals surface area contributed by atoms with Crippen LogP contribution in [0.15, 0.2) is 0 Å². The monoisotopic (exact) mass is 626 g/mol. The smallest absolute Gasteiger partial charge is 0.309 e. The van der Waals surface area contributed by atoms with E-state index in [0.717, 1.165) is 38.5 Å². The van der Waals surface area contributed by atoms with Gasteiger partial charge in [-0.3, -0.25) is 28.8 Å². The molecule has 0 bridgehead atoms. The second kappa shape index (κ2) is 17.3. The molecule has 0 spiro atoms. The van der Waals surface area contributed by atoms with Crippen LogP contribution in [0, 0.1) is 34.5 Å². The number of ether oxygens (including phenoxy) is 2. The minimum absolute atomic E-state index is 0.125. The first-order valence-corrected chi connectivity index (χ1v) is 16.0. The minimum atomic E-state index is -1.10. The Hall–Kier alpha value is -3.18. The molecule has 6 atom stereocenters. The third-order valence-corrected chi connectivity index (χ3v) is 9.80. The summed E-state index contributed by atoms with van der Waals surface area (Å²) < 4.78 is 10.8. The number of carbonyl (C=O) groups is 6. The topological polar surface area (TPSA) is 202 Å². The quantitative estimate of drug-likeness (QED) is 0.0940. The average molecular weight is 627 g/mol. The molecule has 0 amide bonds. The predicted molar refractivity (Wildman–Crippen MR) is 157 cm³/mol. The first kappa shape index (κ1) is 37.0. The molecule has 2 fully saturated rings. The van der Waals surface area contributed by atoms with Gasteiger partial charge in [0.05, 0.1) is 47.7 Å². The van der Waals surface area contributed by atoms with Gasteiger partial charge < -0.3 is 29.9 Å². The summed E-state index contributed by atoms with van der Waals surface area (Å²) >= 11 is 0. The lowest BCUT2D eigenvalue weighted by atomic mass is 9.82. The van der Waals surface area contributed by atoms with E-state index in [4.69, 9.17) is 9.47 Å². The van der Waals surface area contributed by atoms with Gasteiger partial charge in [-0.1, -0.05) is 38.5 Å². The normalized spacial score (nSPS) is 29.0. The number of carbonyl (C=O) groups excluding carboxylic acids is 2. The molecule has 2 saturated carbocycles. The molecule has 44 heavy (non-hydrogen) atoms. The largest absolute Gasteiger partial charge is 0.481 e. The number of hydrogen-bond donors (Lipinski definition) is 4. The lowest BCUT2D eigenvalue weighted by molar-refractivity contribution is -0.158. The summed E-state index contributed by atoms with van der Waals surface area (Å²) in [5.41, 5.74) is -2.08. The van der Waals surface area contributed by atoms with Gasteiger partial charge in [-0.2, -0.15) is 0 Å². The maximum absolute atomic E-state index is 12.6. The van der Waals surface area contributed by atoms with Crippen molar-refractivity contribution in [3.8, 4) is 0 Å². The number of aliphatic carboxylic acids is 4. The molecule has 2 aliphatic carbocycles. The van der Waals surface area contributed by atoms with Crippen LogP contribution in [0.5, 0.6) is 0 Å². The van der Waals surface area contributed by atoms with Gasteiger partial charge in [-0.05, 0) is 78.1 Å². The first-order chi connectivity index (χ1) is 20.7. The van der Waals surface area contributed by atoms with Gasteiger partial charge >= 0.3 is 35.8 Å². The van der Waals surface area contributed by atoms with E-state index in [1.165, 1.54) is 0 Å². The number of carboxylic acids is 4. The summed E-state index contributed by atoms with van der Waals surface area (Å²) in [5.74, 6) is -8.86. The zero-order chi connectivity index (χ0) is 32.9. The molecular formula is C32H50O12. The molecule has 2 rings (SSSR count). The van der Waals surface area contributed by atoms with Crippen molar-refractivity contribution in [1.82, 2.24) is 0 Å². The maximum Gasteiger partial charge on any atom is 0.309 e. The number of esters is 2. The fourth-order valence-electron chi connectivity index (χ4n) is 6.36. The SMILES string of the molecule is CC1(C(=O)O)CC[C@H](C(=O)O)[C@H](C(=O)OCCCCCCCCCCOC(=O)[C@@H]2CCC(C)(C(=O)O)CC[C@@H]2C(=O)O)CC1. The van der Waals surface area contributed by atoms with Crippen molar-refractivity contribution in [2.45, 2.75) is 117 Å². The maximum atomic E-state index is 12.6. The Balaban J connectivity index is 1.58. The molecule has 0 aliphatic heterocycles. The molecule has 0 aromatic heterocycles. The second-order valence-corrected chi connectivity index (χ2v) is 13.2. The molecule has 2 aliphatic rings. The van der Waals surface area contributed by atoms with Gasteiger partial charge in [-0.15, -0.1) is 0 Å². The van der Waals surface area contributed by atoms with Gasteiger partial charge in [0.2, 0.25) is 0 Å². The van der Waals surface area contributed by atoms with Crippen molar-refractivity contribution in [3.63, 3.8) is 0 Å². The Morgan fingerprint density at radius 1 is 0.500 bits per heavy atom. The van der Waals surface area contributed by atoms with Crippen molar-refractivity contribution in [2.75, 3.05) is 13.2 Å². The van der Waals surface area contributed by atoms with E-state index in [2.05, 4.69) is 0 Å².